The molecule has 0 atom stereocenters. The summed E-state index contributed by atoms with van der Waals surface area (Å²) >= 11 is 0. The highest BCUT2D eigenvalue weighted by Gasteiger charge is 2.30. The van der Waals surface area contributed by atoms with E-state index >= 15 is 0 Å². The summed E-state index contributed by atoms with van der Waals surface area (Å²) < 4.78 is 13.0. The third-order valence-corrected chi connectivity index (χ3v) is 6.29. The summed E-state index contributed by atoms with van der Waals surface area (Å²) in [6.07, 6.45) is 3.99. The van der Waals surface area contributed by atoms with Gasteiger partial charge in [-0.05, 0) is 40.0 Å². The van der Waals surface area contributed by atoms with Crippen molar-refractivity contribution in [1.82, 2.24) is 34.6 Å². The largest absolute Gasteiger partial charge is 0.444 e. The number of hydrogen-bond acceptors (Lipinski definition) is 8. The van der Waals surface area contributed by atoms with Crippen LogP contribution >= 0.6 is 0 Å². The molecule has 12 heteroatoms. The maximum atomic E-state index is 12.5. The maximum Gasteiger partial charge on any atom is 0.410 e. The van der Waals surface area contributed by atoms with Gasteiger partial charge < -0.3 is 23.9 Å². The van der Waals surface area contributed by atoms with E-state index in [4.69, 9.17) is 9.15 Å². The second-order valence-corrected chi connectivity index (χ2v) is 10.0. The van der Waals surface area contributed by atoms with Crippen molar-refractivity contribution in [2.24, 2.45) is 0 Å². The summed E-state index contributed by atoms with van der Waals surface area (Å²) in [6.45, 7) is 7.54. The third-order valence-electron chi connectivity index (χ3n) is 6.29. The normalized spacial score (nSPS) is 17.5. The Bertz CT molecular complexity index is 1310. The van der Waals surface area contributed by atoms with E-state index in [0.29, 0.717) is 56.0 Å². The van der Waals surface area contributed by atoms with Gasteiger partial charge in [-0.25, -0.2) is 9.31 Å². The molecule has 2 fully saturated rings. The van der Waals surface area contributed by atoms with Crippen LogP contribution in [0.1, 0.15) is 64.0 Å². The predicted octanol–water partition coefficient (Wildman–Crippen LogP) is 2.31. The molecule has 35 heavy (non-hydrogen) atoms. The fourth-order valence-electron chi connectivity index (χ4n) is 4.61. The molecule has 0 spiro atoms. The minimum absolute atomic E-state index is 0.0469. The summed E-state index contributed by atoms with van der Waals surface area (Å²) in [5.41, 5.74) is 0.945. The van der Waals surface area contributed by atoms with Gasteiger partial charge in [0, 0.05) is 38.0 Å². The number of H-pyrrole nitrogens is 1. The zero-order chi connectivity index (χ0) is 24.7. The van der Waals surface area contributed by atoms with Crippen LogP contribution in [-0.2, 0) is 16.1 Å². The van der Waals surface area contributed by atoms with Gasteiger partial charge >= 0.3 is 6.09 Å². The molecule has 0 radical (unpaired) electrons. The lowest BCUT2D eigenvalue weighted by Gasteiger charge is -2.33. The van der Waals surface area contributed by atoms with E-state index in [0.717, 1.165) is 12.1 Å². The number of ether oxygens (including phenoxy) is 1. The number of rotatable bonds is 4. The Balaban J connectivity index is 1.35. The Labute approximate surface area is 201 Å². The lowest BCUT2D eigenvalue weighted by molar-refractivity contribution is -0.128. The number of nitrogens with one attached hydrogen (secondary N) is 1. The molecule has 2 aliphatic rings. The SMILES string of the molecule is CC(C)(C)OC(=O)N1CCC(c2cc(=O)[nH]c3c(-c4nnc(CN5CCCC5=O)o4)cnn23)CC1. The van der Waals surface area contributed by atoms with Crippen molar-refractivity contribution >= 4 is 17.6 Å². The first-order valence-corrected chi connectivity index (χ1v) is 11.9. The first-order valence-electron chi connectivity index (χ1n) is 11.9. The number of amides is 2. The highest BCUT2D eigenvalue weighted by Crippen LogP contribution is 2.30. The number of likely N-dealkylation sites (tertiary alicyclic amines) is 2. The van der Waals surface area contributed by atoms with Gasteiger partial charge in [-0.15, -0.1) is 10.2 Å². The second kappa shape index (κ2) is 8.82. The monoisotopic (exact) mass is 483 g/mol. The third kappa shape index (κ3) is 4.77. The summed E-state index contributed by atoms with van der Waals surface area (Å²) in [7, 11) is 0. The van der Waals surface area contributed by atoms with E-state index in [1.54, 1.807) is 26.6 Å². The molecule has 0 aromatic carbocycles. The van der Waals surface area contributed by atoms with Gasteiger partial charge in [-0.3, -0.25) is 9.59 Å². The minimum Gasteiger partial charge on any atom is -0.444 e. The molecular formula is C23H29N7O5. The number of fused-ring (bicyclic) bond motifs is 1. The van der Waals surface area contributed by atoms with Crippen molar-refractivity contribution in [2.75, 3.05) is 19.6 Å². The average Bonchev–Trinajstić information content (AvgIpc) is 3.53. The molecule has 186 valence electrons. The minimum atomic E-state index is -0.545. The molecule has 0 aliphatic carbocycles. The summed E-state index contributed by atoms with van der Waals surface area (Å²) in [6, 6.07) is 1.55. The predicted molar refractivity (Wildman–Crippen MR) is 124 cm³/mol. The van der Waals surface area contributed by atoms with E-state index in [2.05, 4.69) is 20.3 Å². The zero-order valence-corrected chi connectivity index (χ0v) is 20.1. The van der Waals surface area contributed by atoms with Crippen molar-refractivity contribution < 1.29 is 18.7 Å². The number of carbonyl (C=O) groups is 2. The molecule has 0 saturated carbocycles. The number of carbonyl (C=O) groups excluding carboxylic acids is 2. The van der Waals surface area contributed by atoms with Crippen LogP contribution in [0.3, 0.4) is 0 Å². The summed E-state index contributed by atoms with van der Waals surface area (Å²) in [5.74, 6) is 0.690. The Morgan fingerprint density at radius 2 is 1.97 bits per heavy atom. The molecule has 2 aliphatic heterocycles. The van der Waals surface area contributed by atoms with Gasteiger partial charge in [0.05, 0.1) is 18.4 Å². The van der Waals surface area contributed by atoms with Gasteiger partial charge in [-0.1, -0.05) is 0 Å². The lowest BCUT2D eigenvalue weighted by atomic mass is 9.93. The highest BCUT2D eigenvalue weighted by molar-refractivity contribution is 5.78. The van der Waals surface area contributed by atoms with Crippen LogP contribution in [0.25, 0.3) is 17.1 Å². The molecule has 5 heterocycles. The molecule has 3 aromatic heterocycles. The molecule has 5 rings (SSSR count). The Morgan fingerprint density at radius 3 is 2.66 bits per heavy atom. The molecule has 0 unspecified atom stereocenters. The summed E-state index contributed by atoms with van der Waals surface area (Å²) in [5, 5.41) is 12.7. The highest BCUT2D eigenvalue weighted by atomic mass is 16.6. The van der Waals surface area contributed by atoms with Crippen LogP contribution < -0.4 is 5.56 Å². The number of piperidine rings is 1. The van der Waals surface area contributed by atoms with Gasteiger partial charge in [0.2, 0.25) is 11.8 Å². The second-order valence-electron chi connectivity index (χ2n) is 10.0. The molecule has 1 N–H and O–H groups in total. The van der Waals surface area contributed by atoms with Crippen molar-refractivity contribution in [3.63, 3.8) is 0 Å². The molecule has 2 saturated heterocycles. The van der Waals surface area contributed by atoms with E-state index in [1.165, 1.54) is 0 Å². The van der Waals surface area contributed by atoms with Gasteiger partial charge in [0.15, 0.2) is 0 Å². The Kier molecular flexibility index (Phi) is 5.81. The smallest absolute Gasteiger partial charge is 0.410 e. The number of aromatic nitrogens is 5. The van der Waals surface area contributed by atoms with E-state index in [1.807, 2.05) is 20.8 Å². The summed E-state index contributed by atoms with van der Waals surface area (Å²) in [4.78, 5) is 43.0. The van der Waals surface area contributed by atoms with Crippen molar-refractivity contribution in [3.05, 3.63) is 34.2 Å². The van der Waals surface area contributed by atoms with Crippen LogP contribution in [0.4, 0.5) is 4.79 Å². The van der Waals surface area contributed by atoms with E-state index in [9.17, 15) is 14.4 Å². The van der Waals surface area contributed by atoms with Crippen molar-refractivity contribution in [1.29, 1.82) is 0 Å². The number of hydrogen-bond donors (Lipinski definition) is 1. The molecule has 12 nitrogen and oxygen atoms in total. The van der Waals surface area contributed by atoms with Crippen LogP contribution in [0.5, 0.6) is 0 Å². The fourth-order valence-corrected chi connectivity index (χ4v) is 4.61. The van der Waals surface area contributed by atoms with Crippen LogP contribution in [0.2, 0.25) is 0 Å². The standard InChI is InChI=1S/C23H29N7O5/c1-23(2,3)35-22(33)28-9-6-14(7-10-28)16-11-17(31)25-20-15(12-24-30(16)20)21-27-26-18(34-21)13-29-8-4-5-19(29)32/h11-12,14H,4-10,13H2,1-3H3,(H,25,31). The molecule has 0 bridgehead atoms. The van der Waals surface area contributed by atoms with E-state index in [-0.39, 0.29) is 35.9 Å². The van der Waals surface area contributed by atoms with Crippen LogP contribution in [0, 0.1) is 0 Å². The zero-order valence-electron chi connectivity index (χ0n) is 20.1. The number of nitrogens with zero attached hydrogens (tertiary/aromatic N) is 6. The van der Waals surface area contributed by atoms with Gasteiger partial charge in [-0.2, -0.15) is 5.10 Å². The molecule has 2 amide bonds. The number of aromatic amines is 1. The van der Waals surface area contributed by atoms with E-state index < -0.39 is 5.60 Å². The topological polar surface area (TPSA) is 139 Å². The van der Waals surface area contributed by atoms with Crippen molar-refractivity contribution in [3.8, 4) is 11.5 Å². The van der Waals surface area contributed by atoms with Crippen LogP contribution in [0.15, 0.2) is 21.5 Å². The van der Waals surface area contributed by atoms with Crippen LogP contribution in [-0.4, -0.2) is 71.8 Å². The quantitative estimate of drug-likeness (QED) is 0.596. The lowest BCUT2D eigenvalue weighted by Crippen LogP contribution is -2.41. The Hall–Kier alpha value is -3.70. The fraction of sp³-hybridized carbons (Fsp3) is 0.565. The van der Waals surface area contributed by atoms with Gasteiger partial charge in [0.25, 0.3) is 11.4 Å². The first-order chi connectivity index (χ1) is 16.7. The molecule has 3 aromatic rings. The van der Waals surface area contributed by atoms with Gasteiger partial charge in [0.1, 0.15) is 16.8 Å². The molecular weight excluding hydrogens is 454 g/mol. The Morgan fingerprint density at radius 1 is 1.20 bits per heavy atom. The maximum absolute atomic E-state index is 12.5. The average molecular weight is 484 g/mol. The van der Waals surface area contributed by atoms with Crippen molar-refractivity contribution in [2.45, 2.75) is 64.5 Å². The first kappa shape index (κ1) is 23.1.